The van der Waals surface area contributed by atoms with E-state index in [2.05, 4.69) is 31.1 Å². The van der Waals surface area contributed by atoms with Crippen LogP contribution in [-0.2, 0) is 26.7 Å². The average molecular weight is 867 g/mol. The van der Waals surface area contributed by atoms with Crippen LogP contribution < -0.4 is 10.6 Å². The van der Waals surface area contributed by atoms with Gasteiger partial charge >= 0.3 is 0 Å². The van der Waals surface area contributed by atoms with Crippen LogP contribution in [0, 0.1) is 35.5 Å². The van der Waals surface area contributed by atoms with Gasteiger partial charge < -0.3 is 31.1 Å². The summed E-state index contributed by atoms with van der Waals surface area (Å²) in [7, 11) is 0. The molecule has 0 aliphatic heterocycles. The van der Waals surface area contributed by atoms with E-state index in [1.807, 2.05) is 0 Å². The van der Waals surface area contributed by atoms with Gasteiger partial charge in [0.1, 0.15) is 12.1 Å². The zero-order valence-corrected chi connectivity index (χ0v) is 36.9. The maximum absolute atomic E-state index is 13.1. The van der Waals surface area contributed by atoms with E-state index >= 15 is 0 Å². The fraction of sp³-hybridized carbons (Fsp3) is 0.957. The van der Waals surface area contributed by atoms with Crippen molar-refractivity contribution in [2.45, 2.75) is 240 Å². The van der Waals surface area contributed by atoms with Crippen molar-refractivity contribution in [2.24, 2.45) is 56.0 Å². The van der Waals surface area contributed by atoms with Crippen LogP contribution in [0.15, 0.2) is 20.5 Å². The molecule has 0 aromatic carbocycles. The van der Waals surface area contributed by atoms with Gasteiger partial charge in [-0.3, -0.25) is 9.59 Å². The molecule has 2 amide bonds. The average Bonchev–Trinajstić information content (AvgIpc) is 3.24. The third-order valence-electron chi connectivity index (χ3n) is 16.1. The minimum Gasteiger partial charge on any atom is -0.391 e. The van der Waals surface area contributed by atoms with E-state index in [1.54, 1.807) is 0 Å². The first-order chi connectivity index (χ1) is 28.3. The van der Waals surface area contributed by atoms with Crippen molar-refractivity contribution in [3.8, 4) is 0 Å². The van der Waals surface area contributed by atoms with Crippen molar-refractivity contribution in [3.05, 3.63) is 0 Å². The Labute approximate surface area is 364 Å². The summed E-state index contributed by atoms with van der Waals surface area (Å²) in [6.45, 7) is 0. The van der Waals surface area contributed by atoms with Gasteiger partial charge in [-0.05, 0) is 101 Å². The summed E-state index contributed by atoms with van der Waals surface area (Å²) in [5.74, 6) is 0.832. The second-order valence-electron chi connectivity index (χ2n) is 20.1. The van der Waals surface area contributed by atoms with Gasteiger partial charge in [0.05, 0.1) is 48.3 Å². The van der Waals surface area contributed by atoms with Crippen molar-refractivity contribution in [1.82, 2.24) is 10.6 Å². The van der Waals surface area contributed by atoms with E-state index in [-0.39, 0.29) is 77.0 Å². The van der Waals surface area contributed by atoms with Gasteiger partial charge in [-0.15, -0.1) is 0 Å². The topological polar surface area (TPSA) is 189 Å². The van der Waals surface area contributed by atoms with Gasteiger partial charge in [0.25, 0.3) is 0 Å². The number of azo groups is 2. The zero-order valence-electron chi connectivity index (χ0n) is 35.8. The number of hydrogen-bond acceptors (Lipinski definition) is 10. The first-order valence-electron chi connectivity index (χ1n) is 24.4. The molecule has 13 heteroatoms. The molecule has 0 bridgehead atoms. The third-order valence-corrected chi connectivity index (χ3v) is 16.1. The Morgan fingerprint density at radius 2 is 0.746 bits per heavy atom. The van der Waals surface area contributed by atoms with Crippen molar-refractivity contribution < 1.29 is 47.1 Å². The molecule has 8 fully saturated rings. The molecule has 0 saturated heterocycles. The number of nitrogens with one attached hydrogen (secondary N) is 2. The molecule has 59 heavy (non-hydrogen) atoms. The number of carbonyl (C=O) groups is 2. The molecular weight excluding hydrogens is 788 g/mol. The molecule has 336 valence electrons. The quantitative estimate of drug-likeness (QED) is 0.108. The Balaban J connectivity index is 0.000000195. The molecule has 8 saturated carbocycles. The molecule has 0 radical (unpaired) electrons. The normalized spacial score (nSPS) is 41.1. The second-order valence-corrected chi connectivity index (χ2v) is 20.1. The Morgan fingerprint density at radius 1 is 0.407 bits per heavy atom. The number of fused-ring (bicyclic) bond motifs is 2. The standard InChI is InChI=1S/2C23H39N3O3.Fe/c2*27-20-13-7-6-12-19(20)25-26-21-17-11-5-4-8-15(17)14-18(22(21)28)23(29)24-16-9-2-1-3-10-16;/h2*15-22,27-28H,1-14H2,(H,24,29);. The minimum absolute atomic E-state index is 0. The molecule has 8 aliphatic carbocycles. The van der Waals surface area contributed by atoms with Crippen LogP contribution >= 0.6 is 0 Å². The number of carbonyl (C=O) groups excluding carboxylic acids is 2. The van der Waals surface area contributed by atoms with Gasteiger partial charge in [-0.1, -0.05) is 103 Å². The van der Waals surface area contributed by atoms with Crippen LogP contribution in [0.4, 0.5) is 0 Å². The second kappa shape index (κ2) is 23.3. The monoisotopic (exact) mass is 867 g/mol. The first-order valence-corrected chi connectivity index (χ1v) is 24.4. The fourth-order valence-electron chi connectivity index (χ4n) is 12.6. The molecule has 0 aromatic rings. The molecule has 0 aromatic heterocycles. The van der Waals surface area contributed by atoms with Gasteiger partial charge in [0, 0.05) is 29.2 Å². The zero-order chi connectivity index (χ0) is 40.4. The summed E-state index contributed by atoms with van der Waals surface area (Å²) in [6.07, 6.45) is 27.4. The van der Waals surface area contributed by atoms with Crippen molar-refractivity contribution in [2.75, 3.05) is 0 Å². The van der Waals surface area contributed by atoms with Crippen molar-refractivity contribution in [3.63, 3.8) is 0 Å². The van der Waals surface area contributed by atoms with E-state index in [0.717, 1.165) is 116 Å². The van der Waals surface area contributed by atoms with Gasteiger partial charge in [0.15, 0.2) is 0 Å². The maximum atomic E-state index is 13.1. The van der Waals surface area contributed by atoms with Crippen LogP contribution in [0.3, 0.4) is 0 Å². The Bertz CT molecular complexity index is 1260. The molecule has 12 nitrogen and oxygen atoms in total. The molecule has 0 heterocycles. The predicted octanol–water partition coefficient (Wildman–Crippen LogP) is 7.49. The van der Waals surface area contributed by atoms with Crippen LogP contribution in [0.2, 0.25) is 0 Å². The summed E-state index contributed by atoms with van der Waals surface area (Å²) in [5, 5.41) is 67.6. The molecular formula is C46H78FeN6O6. The number of rotatable bonds is 8. The van der Waals surface area contributed by atoms with E-state index in [1.165, 1.54) is 64.2 Å². The summed E-state index contributed by atoms with van der Waals surface area (Å²) in [5.41, 5.74) is 0. The number of amides is 2. The van der Waals surface area contributed by atoms with E-state index in [0.29, 0.717) is 23.7 Å². The number of aliphatic hydroxyl groups excluding tert-OH is 4. The molecule has 0 spiro atoms. The fourth-order valence-corrected chi connectivity index (χ4v) is 12.6. The van der Waals surface area contributed by atoms with Crippen molar-refractivity contribution in [1.29, 1.82) is 0 Å². The molecule has 6 N–H and O–H groups in total. The minimum atomic E-state index is -0.762. The Kier molecular flexibility index (Phi) is 18.5. The number of nitrogens with zero attached hydrogens (tertiary/aromatic N) is 4. The maximum Gasteiger partial charge on any atom is 0.226 e. The Hall–Kier alpha value is -1.50. The van der Waals surface area contributed by atoms with Gasteiger partial charge in [-0.25, -0.2) is 0 Å². The van der Waals surface area contributed by atoms with Crippen molar-refractivity contribution >= 4 is 11.8 Å². The van der Waals surface area contributed by atoms with Gasteiger partial charge in [-0.2, -0.15) is 20.5 Å². The third kappa shape index (κ3) is 12.4. The molecule has 14 unspecified atom stereocenters. The van der Waals surface area contributed by atoms with Gasteiger partial charge in [0.2, 0.25) is 11.8 Å². The molecule has 14 atom stereocenters. The van der Waals surface area contributed by atoms with E-state index in [9.17, 15) is 30.0 Å². The summed E-state index contributed by atoms with van der Waals surface area (Å²) >= 11 is 0. The molecule has 8 aliphatic rings. The SMILES string of the molecule is O=C(NC1CCCCC1)C1CC2CCCCC2C(N=NC2CCCCC2O)C1O.O=C(NC1CCCCC1)C1CC2CCCCC2C(N=NC2CCCCC2O)C1O.[Fe]. The summed E-state index contributed by atoms with van der Waals surface area (Å²) in [4.78, 5) is 26.1. The van der Waals surface area contributed by atoms with Crippen LogP contribution in [0.1, 0.15) is 180 Å². The van der Waals surface area contributed by atoms with E-state index in [4.69, 9.17) is 0 Å². The number of aliphatic hydroxyl groups is 4. The smallest absolute Gasteiger partial charge is 0.226 e. The van der Waals surface area contributed by atoms with Crippen LogP contribution in [-0.4, -0.2) is 92.9 Å². The van der Waals surface area contributed by atoms with Crippen LogP contribution in [0.5, 0.6) is 0 Å². The van der Waals surface area contributed by atoms with Crippen LogP contribution in [0.25, 0.3) is 0 Å². The summed E-state index contributed by atoms with van der Waals surface area (Å²) in [6, 6.07) is -0.352. The first kappa shape index (κ1) is 47.0. The molecule has 8 rings (SSSR count). The Morgan fingerprint density at radius 3 is 1.14 bits per heavy atom. The number of hydrogen-bond donors (Lipinski definition) is 6. The largest absolute Gasteiger partial charge is 0.391 e. The van der Waals surface area contributed by atoms with E-state index < -0.39 is 24.4 Å². The summed E-state index contributed by atoms with van der Waals surface area (Å²) < 4.78 is 0. The predicted molar refractivity (Wildman–Crippen MR) is 223 cm³/mol.